The Bertz CT molecular complexity index is 1870. The fourth-order valence-electron chi connectivity index (χ4n) is 6.08. The van der Waals surface area contributed by atoms with Crippen molar-refractivity contribution < 1.29 is 19.0 Å². The van der Waals surface area contributed by atoms with Crippen molar-refractivity contribution in [3.05, 3.63) is 65.7 Å². The molecular formula is C40H59N7O4Si2. The molecule has 1 aliphatic rings. The molecule has 0 radical (unpaired) electrons. The van der Waals surface area contributed by atoms with Crippen molar-refractivity contribution in [2.75, 3.05) is 44.7 Å². The number of anilines is 1. The van der Waals surface area contributed by atoms with Gasteiger partial charge in [-0.05, 0) is 57.8 Å². The predicted octanol–water partition coefficient (Wildman–Crippen LogP) is 8.08. The molecule has 3 aromatic heterocycles. The molecule has 1 amide bonds. The molecule has 0 N–H and O–H groups in total. The van der Waals surface area contributed by atoms with Crippen LogP contribution in [0.25, 0.3) is 16.8 Å². The van der Waals surface area contributed by atoms with Crippen LogP contribution in [0.4, 0.5) is 10.6 Å². The average Bonchev–Trinajstić information content (AvgIpc) is 3.70. The van der Waals surface area contributed by atoms with Gasteiger partial charge in [-0.15, -0.1) is 0 Å². The van der Waals surface area contributed by atoms with Crippen molar-refractivity contribution in [3.8, 4) is 23.0 Å². The lowest BCUT2D eigenvalue weighted by Crippen LogP contribution is -2.42. The summed E-state index contributed by atoms with van der Waals surface area (Å²) in [5.74, 6) is 7.67. The van der Waals surface area contributed by atoms with Crippen molar-refractivity contribution in [1.82, 2.24) is 29.3 Å². The van der Waals surface area contributed by atoms with Crippen LogP contribution in [0.2, 0.25) is 51.4 Å². The lowest BCUT2D eigenvalue weighted by Gasteiger charge is -2.35. The van der Waals surface area contributed by atoms with Gasteiger partial charge in [0.15, 0.2) is 11.5 Å². The minimum Gasteiger partial charge on any atom is -0.444 e. The number of piperidine rings is 1. The summed E-state index contributed by atoms with van der Waals surface area (Å²) in [7, 11) is -0.757. The Morgan fingerprint density at radius 1 is 0.943 bits per heavy atom. The molecule has 0 aliphatic carbocycles. The number of likely N-dealkylation sites (tertiary alicyclic amines) is 1. The van der Waals surface area contributed by atoms with Crippen LogP contribution in [-0.4, -0.2) is 96.9 Å². The summed E-state index contributed by atoms with van der Waals surface area (Å²) in [6.45, 7) is 22.9. The monoisotopic (exact) mass is 757 g/mol. The van der Waals surface area contributed by atoms with Crippen molar-refractivity contribution in [2.24, 2.45) is 7.05 Å². The zero-order chi connectivity index (χ0) is 38.4. The van der Waals surface area contributed by atoms with Crippen LogP contribution >= 0.6 is 0 Å². The Kier molecular flexibility index (Phi) is 12.9. The molecular weight excluding hydrogens is 699 g/mol. The van der Waals surface area contributed by atoms with Gasteiger partial charge in [-0.2, -0.15) is 14.7 Å². The molecule has 286 valence electrons. The van der Waals surface area contributed by atoms with E-state index >= 15 is 0 Å². The number of nitrogens with zero attached hydrogens (tertiary/aromatic N) is 7. The van der Waals surface area contributed by atoms with Gasteiger partial charge in [0.2, 0.25) is 0 Å². The average molecular weight is 758 g/mol. The minimum absolute atomic E-state index is 0.0980. The summed E-state index contributed by atoms with van der Waals surface area (Å²) >= 11 is 0. The van der Waals surface area contributed by atoms with Crippen molar-refractivity contribution in [3.63, 3.8) is 0 Å². The number of fused-ring (bicyclic) bond motifs is 1. The molecule has 53 heavy (non-hydrogen) atoms. The van der Waals surface area contributed by atoms with Gasteiger partial charge in [-0.3, -0.25) is 4.68 Å². The molecule has 0 spiro atoms. The summed E-state index contributed by atoms with van der Waals surface area (Å²) in [5.41, 5.74) is 4.34. The standard InChI is InChI=1S/C40H59N7O4Si2/c1-40(2,3)51-39(48)45-20-14-17-32(28-45)36-34(19-18-31-15-12-11-13-16-31)38(47-37(43-36)35(26-42-47)33-25-41-44(4)27-33)46(29-49-21-23-52(5,6)7)30-50-22-24-53(8,9)10/h11-13,15-16,25-27,32H,14,17,20-24,28-30H2,1-10H3. The summed E-state index contributed by atoms with van der Waals surface area (Å²) in [4.78, 5) is 22.8. The maximum Gasteiger partial charge on any atom is 0.410 e. The second-order valence-electron chi connectivity index (χ2n) is 17.5. The zero-order valence-corrected chi connectivity index (χ0v) is 35.5. The molecule has 4 heterocycles. The normalized spacial score (nSPS) is 15.4. The molecule has 1 aromatic carbocycles. The lowest BCUT2D eigenvalue weighted by atomic mass is 9.91. The van der Waals surface area contributed by atoms with Crippen molar-refractivity contribution >= 4 is 33.7 Å². The fraction of sp³-hybridized carbons (Fsp3) is 0.550. The minimum atomic E-state index is -1.33. The Morgan fingerprint density at radius 2 is 1.60 bits per heavy atom. The van der Waals surface area contributed by atoms with Gasteiger partial charge in [-0.1, -0.05) is 69.3 Å². The van der Waals surface area contributed by atoms with Crippen molar-refractivity contribution in [1.29, 1.82) is 0 Å². The third-order valence-electron chi connectivity index (χ3n) is 9.02. The predicted molar refractivity (Wildman–Crippen MR) is 218 cm³/mol. The van der Waals surface area contributed by atoms with Crippen LogP contribution in [0.15, 0.2) is 48.9 Å². The summed E-state index contributed by atoms with van der Waals surface area (Å²) in [6.07, 6.45) is 7.01. The second kappa shape index (κ2) is 17.0. The van der Waals surface area contributed by atoms with E-state index in [0.29, 0.717) is 45.4 Å². The number of carbonyl (C=O) groups excluding carboxylic acids is 1. The van der Waals surface area contributed by atoms with Gasteiger partial charge in [-0.25, -0.2) is 9.78 Å². The Balaban J connectivity index is 1.69. The summed E-state index contributed by atoms with van der Waals surface area (Å²) in [5, 5.41) is 9.43. The van der Waals surface area contributed by atoms with Crippen LogP contribution in [0, 0.1) is 11.8 Å². The largest absolute Gasteiger partial charge is 0.444 e. The highest BCUT2D eigenvalue weighted by Gasteiger charge is 2.33. The summed E-state index contributed by atoms with van der Waals surface area (Å²) in [6, 6.07) is 12.1. The second-order valence-corrected chi connectivity index (χ2v) is 28.8. The van der Waals surface area contributed by atoms with Gasteiger partial charge < -0.3 is 24.0 Å². The van der Waals surface area contributed by atoms with Gasteiger partial charge >= 0.3 is 6.09 Å². The molecule has 0 saturated carbocycles. The van der Waals surface area contributed by atoms with Crippen LogP contribution in [0.1, 0.15) is 56.4 Å². The highest BCUT2D eigenvalue weighted by Crippen LogP contribution is 2.36. The first-order chi connectivity index (χ1) is 25.0. The number of aryl methyl sites for hydroxylation is 1. The first kappa shape index (κ1) is 40.2. The number of benzene rings is 1. The molecule has 4 aromatic rings. The third kappa shape index (κ3) is 11.5. The van der Waals surface area contributed by atoms with Gasteiger partial charge in [0.1, 0.15) is 19.1 Å². The Labute approximate surface area is 318 Å². The number of rotatable bonds is 13. The third-order valence-corrected chi connectivity index (χ3v) is 12.4. The van der Waals surface area contributed by atoms with Crippen molar-refractivity contribution in [2.45, 2.75) is 96.5 Å². The van der Waals surface area contributed by atoms with E-state index in [-0.39, 0.29) is 12.0 Å². The number of amides is 1. The van der Waals surface area contributed by atoms with E-state index in [1.807, 2.05) is 86.2 Å². The quantitative estimate of drug-likeness (QED) is 0.0585. The van der Waals surface area contributed by atoms with Gasteiger partial charge in [0.05, 0.1) is 23.7 Å². The van der Waals surface area contributed by atoms with E-state index in [9.17, 15) is 4.79 Å². The topological polar surface area (TPSA) is 99.3 Å². The molecule has 1 fully saturated rings. The van der Waals surface area contributed by atoms with E-state index in [0.717, 1.165) is 58.7 Å². The zero-order valence-electron chi connectivity index (χ0n) is 33.5. The highest BCUT2D eigenvalue weighted by molar-refractivity contribution is 6.76. The SMILES string of the molecule is Cn1cc(-c2cnn3c(N(COCC[Si](C)(C)C)COCC[Si](C)(C)C)c(C#Cc4ccccc4)c(C4CCCN(C(=O)OC(C)(C)C)C4)nc23)cn1. The number of carbonyl (C=O) groups is 1. The Morgan fingerprint density at radius 3 is 2.19 bits per heavy atom. The number of aromatic nitrogens is 5. The lowest BCUT2D eigenvalue weighted by molar-refractivity contribution is 0.0197. The van der Waals surface area contributed by atoms with E-state index in [4.69, 9.17) is 24.3 Å². The molecule has 0 bridgehead atoms. The van der Waals surface area contributed by atoms with E-state index in [1.165, 1.54) is 0 Å². The number of ether oxygens (including phenoxy) is 3. The molecule has 1 saturated heterocycles. The molecule has 13 heteroatoms. The number of hydrogen-bond donors (Lipinski definition) is 0. The van der Waals surface area contributed by atoms with Crippen LogP contribution in [-0.2, 0) is 21.3 Å². The van der Waals surface area contributed by atoms with Gasteiger partial charge in [0, 0.05) is 78.3 Å². The fourth-order valence-corrected chi connectivity index (χ4v) is 7.59. The van der Waals surface area contributed by atoms with Crippen LogP contribution < -0.4 is 4.90 Å². The first-order valence-corrected chi connectivity index (χ1v) is 26.2. The van der Waals surface area contributed by atoms with Gasteiger partial charge in [0.25, 0.3) is 0 Å². The van der Waals surface area contributed by atoms with Crippen LogP contribution in [0.3, 0.4) is 0 Å². The molecule has 1 aliphatic heterocycles. The maximum absolute atomic E-state index is 13.4. The van der Waals surface area contributed by atoms with Crippen LogP contribution in [0.5, 0.6) is 0 Å². The van der Waals surface area contributed by atoms with E-state index in [1.54, 1.807) is 4.68 Å². The molecule has 5 rings (SSSR count). The van der Waals surface area contributed by atoms with E-state index in [2.05, 4.69) is 61.1 Å². The number of hydrogen-bond acceptors (Lipinski definition) is 8. The highest BCUT2D eigenvalue weighted by atomic mass is 28.3. The molecule has 1 unspecified atom stereocenters. The maximum atomic E-state index is 13.4. The first-order valence-electron chi connectivity index (χ1n) is 18.8. The van der Waals surface area contributed by atoms with E-state index < -0.39 is 21.7 Å². The smallest absolute Gasteiger partial charge is 0.410 e. The Hall–Kier alpha value is -3.97. The molecule has 11 nitrogen and oxygen atoms in total. The molecule has 1 atom stereocenters. The summed E-state index contributed by atoms with van der Waals surface area (Å²) < 4.78 is 22.4.